The zero-order valence-corrected chi connectivity index (χ0v) is 11.5. The molecule has 1 aliphatic rings. The lowest BCUT2D eigenvalue weighted by molar-refractivity contribution is -0.384. The van der Waals surface area contributed by atoms with Crippen molar-refractivity contribution in [1.29, 1.82) is 0 Å². The molecule has 112 valence electrons. The van der Waals surface area contributed by atoms with Crippen LogP contribution >= 0.6 is 0 Å². The van der Waals surface area contributed by atoms with Gasteiger partial charge in [0.15, 0.2) is 0 Å². The molecule has 0 bridgehead atoms. The van der Waals surface area contributed by atoms with Crippen LogP contribution in [0.5, 0.6) is 0 Å². The van der Waals surface area contributed by atoms with Crippen molar-refractivity contribution in [1.82, 2.24) is 10.2 Å². The van der Waals surface area contributed by atoms with Crippen LogP contribution < -0.4 is 11.1 Å². The Bertz CT molecular complexity index is 602. The Morgan fingerprint density at radius 3 is 2.76 bits per heavy atom. The fourth-order valence-corrected chi connectivity index (χ4v) is 2.28. The van der Waals surface area contributed by atoms with Gasteiger partial charge in [-0.05, 0) is 6.42 Å². The van der Waals surface area contributed by atoms with Crippen LogP contribution in [0.15, 0.2) is 18.2 Å². The second-order valence-electron chi connectivity index (χ2n) is 4.82. The largest absolute Gasteiger partial charge is 0.393 e. The van der Waals surface area contributed by atoms with E-state index in [2.05, 4.69) is 5.32 Å². The van der Waals surface area contributed by atoms with E-state index in [-0.39, 0.29) is 23.8 Å². The lowest BCUT2D eigenvalue weighted by atomic mass is 10.1. The number of para-hydroxylation sites is 1. The third-order valence-electron chi connectivity index (χ3n) is 3.38. The highest BCUT2D eigenvalue weighted by molar-refractivity contribution is 6.04. The molecule has 1 saturated heterocycles. The summed E-state index contributed by atoms with van der Waals surface area (Å²) in [5, 5.41) is 13.4. The van der Waals surface area contributed by atoms with Gasteiger partial charge >= 0.3 is 6.03 Å². The highest BCUT2D eigenvalue weighted by Gasteiger charge is 2.37. The van der Waals surface area contributed by atoms with Gasteiger partial charge in [0.1, 0.15) is 11.7 Å². The minimum Gasteiger partial charge on any atom is -0.393 e. The zero-order chi connectivity index (χ0) is 15.6. The minimum atomic E-state index is -0.593. The van der Waals surface area contributed by atoms with Crippen molar-refractivity contribution in [3.05, 3.63) is 33.9 Å². The summed E-state index contributed by atoms with van der Waals surface area (Å²) in [6.07, 6.45) is 1.33. The topological polar surface area (TPSA) is 119 Å². The van der Waals surface area contributed by atoms with E-state index in [1.165, 1.54) is 12.1 Å². The molecule has 0 aromatic heterocycles. The van der Waals surface area contributed by atoms with Gasteiger partial charge in [-0.2, -0.15) is 0 Å². The molecule has 1 aromatic rings. The molecule has 3 N–H and O–H groups in total. The molecule has 2 rings (SSSR count). The van der Waals surface area contributed by atoms with Crippen LogP contribution in [0, 0.1) is 10.1 Å². The molecule has 1 aliphatic heterocycles. The summed E-state index contributed by atoms with van der Waals surface area (Å²) in [5.74, 6) is -0.326. The number of nitro benzene ring substituents is 1. The van der Waals surface area contributed by atoms with Gasteiger partial charge in [-0.25, -0.2) is 4.79 Å². The van der Waals surface area contributed by atoms with Crippen LogP contribution in [0.25, 0.3) is 0 Å². The lowest BCUT2D eigenvalue weighted by Crippen LogP contribution is -2.31. The second kappa shape index (κ2) is 5.78. The summed E-state index contributed by atoms with van der Waals surface area (Å²) in [7, 11) is 0. The summed E-state index contributed by atoms with van der Waals surface area (Å²) < 4.78 is 0. The van der Waals surface area contributed by atoms with Gasteiger partial charge in [-0.1, -0.05) is 25.5 Å². The number of nitrogen functional groups attached to an aromatic ring is 1. The van der Waals surface area contributed by atoms with Gasteiger partial charge < -0.3 is 11.1 Å². The molecule has 1 unspecified atom stereocenters. The summed E-state index contributed by atoms with van der Waals surface area (Å²) in [5.41, 5.74) is 5.86. The van der Waals surface area contributed by atoms with Crippen molar-refractivity contribution < 1.29 is 14.5 Å². The number of hydrogen-bond donors (Lipinski definition) is 2. The number of hydrogen-bond acceptors (Lipinski definition) is 5. The van der Waals surface area contributed by atoms with Crippen molar-refractivity contribution in [2.75, 3.05) is 5.73 Å². The first-order valence-electron chi connectivity index (χ1n) is 6.59. The number of imide groups is 1. The van der Waals surface area contributed by atoms with Crippen LogP contribution in [0.3, 0.4) is 0 Å². The van der Waals surface area contributed by atoms with E-state index < -0.39 is 17.0 Å². The van der Waals surface area contributed by atoms with Crippen molar-refractivity contribution in [3.8, 4) is 0 Å². The van der Waals surface area contributed by atoms with E-state index in [1.807, 2.05) is 6.92 Å². The zero-order valence-electron chi connectivity index (χ0n) is 11.5. The maximum Gasteiger partial charge on any atom is 0.325 e. The Hall–Kier alpha value is -2.64. The summed E-state index contributed by atoms with van der Waals surface area (Å²) in [4.78, 5) is 35.2. The van der Waals surface area contributed by atoms with Crippen LogP contribution in [-0.4, -0.2) is 27.8 Å². The number of nitrogens with one attached hydrogen (secondary N) is 1. The summed E-state index contributed by atoms with van der Waals surface area (Å²) in [6.45, 7) is 1.85. The normalized spacial score (nSPS) is 18.0. The molecule has 0 aliphatic carbocycles. The molecule has 21 heavy (non-hydrogen) atoms. The van der Waals surface area contributed by atoms with Crippen LogP contribution in [-0.2, 0) is 11.3 Å². The first-order valence-corrected chi connectivity index (χ1v) is 6.59. The van der Waals surface area contributed by atoms with E-state index in [9.17, 15) is 19.7 Å². The van der Waals surface area contributed by atoms with Crippen molar-refractivity contribution >= 4 is 23.3 Å². The predicted octanol–water partition coefficient (Wildman–Crippen LogP) is 1.40. The molecule has 1 atom stereocenters. The van der Waals surface area contributed by atoms with Crippen LogP contribution in [0.1, 0.15) is 25.3 Å². The number of nitro groups is 1. The highest BCUT2D eigenvalue weighted by atomic mass is 16.6. The molecule has 1 aromatic carbocycles. The Balaban J connectivity index is 2.23. The number of carbonyl (C=O) groups is 2. The SMILES string of the molecule is CCCC1NC(=O)N(Cc2cccc([N+](=O)[O-])c2N)C1=O. The third-order valence-corrected chi connectivity index (χ3v) is 3.38. The van der Waals surface area contributed by atoms with Crippen LogP contribution in [0.4, 0.5) is 16.2 Å². The molecule has 0 saturated carbocycles. The second-order valence-corrected chi connectivity index (χ2v) is 4.82. The van der Waals surface area contributed by atoms with Crippen molar-refractivity contribution in [2.24, 2.45) is 0 Å². The number of rotatable bonds is 5. The van der Waals surface area contributed by atoms with Gasteiger partial charge in [0.05, 0.1) is 11.5 Å². The number of anilines is 1. The Morgan fingerprint density at radius 2 is 2.14 bits per heavy atom. The van der Waals surface area contributed by atoms with E-state index in [1.54, 1.807) is 6.07 Å². The monoisotopic (exact) mass is 292 g/mol. The van der Waals surface area contributed by atoms with Gasteiger partial charge in [0, 0.05) is 11.6 Å². The van der Waals surface area contributed by atoms with Gasteiger partial charge in [-0.3, -0.25) is 19.8 Å². The number of benzene rings is 1. The van der Waals surface area contributed by atoms with Crippen LogP contribution in [0.2, 0.25) is 0 Å². The van der Waals surface area contributed by atoms with E-state index in [4.69, 9.17) is 5.73 Å². The van der Waals surface area contributed by atoms with Gasteiger partial charge in [0.2, 0.25) is 0 Å². The lowest BCUT2D eigenvalue weighted by Gasteiger charge is -2.14. The average molecular weight is 292 g/mol. The molecule has 1 heterocycles. The smallest absolute Gasteiger partial charge is 0.325 e. The fraction of sp³-hybridized carbons (Fsp3) is 0.385. The minimum absolute atomic E-state index is 0.0259. The summed E-state index contributed by atoms with van der Waals surface area (Å²) in [6, 6.07) is 3.30. The number of amides is 3. The molecule has 1 fully saturated rings. The average Bonchev–Trinajstić information content (AvgIpc) is 2.69. The van der Waals surface area contributed by atoms with E-state index >= 15 is 0 Å². The molecule has 0 radical (unpaired) electrons. The van der Waals surface area contributed by atoms with E-state index in [0.29, 0.717) is 12.0 Å². The number of nitrogens with two attached hydrogens (primary N) is 1. The molecule has 0 spiro atoms. The number of carbonyl (C=O) groups excluding carboxylic acids is 2. The molecule has 8 nitrogen and oxygen atoms in total. The Morgan fingerprint density at radius 1 is 1.43 bits per heavy atom. The predicted molar refractivity (Wildman–Crippen MR) is 75.3 cm³/mol. The third kappa shape index (κ3) is 2.78. The number of nitrogens with zero attached hydrogens (tertiary/aromatic N) is 2. The van der Waals surface area contributed by atoms with Crippen molar-refractivity contribution in [2.45, 2.75) is 32.4 Å². The molecule has 8 heteroatoms. The molecular weight excluding hydrogens is 276 g/mol. The van der Waals surface area contributed by atoms with Gasteiger partial charge in [-0.15, -0.1) is 0 Å². The van der Waals surface area contributed by atoms with Gasteiger partial charge in [0.25, 0.3) is 11.6 Å². The standard InChI is InChI=1S/C13H16N4O4/c1-2-4-9-12(18)16(13(19)15-9)7-8-5-3-6-10(11(8)14)17(20)21/h3,5-6,9H,2,4,7,14H2,1H3,(H,15,19). The number of urea groups is 1. The maximum absolute atomic E-state index is 12.1. The molecular formula is C13H16N4O4. The van der Waals surface area contributed by atoms with Crippen molar-refractivity contribution in [3.63, 3.8) is 0 Å². The first-order chi connectivity index (χ1) is 9.95. The highest BCUT2D eigenvalue weighted by Crippen LogP contribution is 2.27. The Kier molecular flexibility index (Phi) is 4.06. The summed E-state index contributed by atoms with van der Waals surface area (Å²) >= 11 is 0. The molecule has 3 amide bonds. The first kappa shape index (κ1) is 14.8. The Labute approximate surface area is 121 Å². The quantitative estimate of drug-likeness (QED) is 0.368. The maximum atomic E-state index is 12.1. The fourth-order valence-electron chi connectivity index (χ4n) is 2.28. The van der Waals surface area contributed by atoms with E-state index in [0.717, 1.165) is 11.3 Å².